The molecule has 0 spiro atoms. The van der Waals surface area contributed by atoms with Crippen LogP contribution in [0.2, 0.25) is 0 Å². The zero-order chi connectivity index (χ0) is 7.98. The quantitative estimate of drug-likeness (QED) is 0.378. The fourth-order valence-electron chi connectivity index (χ4n) is 0.817. The number of nitrogens with two attached hydrogens (primary N) is 2. The number of rotatable bonds is 5. The lowest BCUT2D eigenvalue weighted by molar-refractivity contribution is 0.283. The van der Waals surface area contributed by atoms with Crippen LogP contribution in [-0.2, 0) is 0 Å². The summed E-state index contributed by atoms with van der Waals surface area (Å²) >= 11 is 4.28. The third-order valence-corrected chi connectivity index (χ3v) is 1.69. The third kappa shape index (κ3) is 4.11. The molecule has 0 amide bonds. The molecular weight excluding hydrogens is 146 g/mol. The molecule has 0 fully saturated rings. The van der Waals surface area contributed by atoms with Crippen molar-refractivity contribution in [1.29, 1.82) is 0 Å². The van der Waals surface area contributed by atoms with Crippen molar-refractivity contribution in [2.24, 2.45) is 11.5 Å². The minimum atomic E-state index is 0.257. The molecule has 0 bridgehead atoms. The summed E-state index contributed by atoms with van der Waals surface area (Å²) in [5.74, 6) is 0. The van der Waals surface area contributed by atoms with E-state index in [4.69, 9.17) is 11.5 Å². The highest BCUT2D eigenvalue weighted by Crippen LogP contribution is 1.99. The first kappa shape index (κ1) is 10.2. The Bertz CT molecular complexity index is 71.4. The maximum absolute atomic E-state index is 5.38. The van der Waals surface area contributed by atoms with Crippen LogP contribution in [-0.4, -0.2) is 36.5 Å². The number of hydrogen-bond acceptors (Lipinski definition) is 4. The molecule has 1 atom stereocenters. The standard InChI is InChI=1S/C6H17N3S/c1-6(10)9(4-2-7)5-3-8/h6,10H,2-5,7-8H2,1H3. The van der Waals surface area contributed by atoms with E-state index in [9.17, 15) is 0 Å². The minimum absolute atomic E-state index is 0.257. The Balaban J connectivity index is 3.50. The maximum Gasteiger partial charge on any atom is 0.0500 e. The van der Waals surface area contributed by atoms with Crippen LogP contribution in [0, 0.1) is 0 Å². The van der Waals surface area contributed by atoms with Gasteiger partial charge in [-0.05, 0) is 6.92 Å². The molecule has 0 aromatic rings. The van der Waals surface area contributed by atoms with Gasteiger partial charge in [-0.2, -0.15) is 12.6 Å². The molecule has 0 saturated carbocycles. The predicted molar refractivity (Wildman–Crippen MR) is 48.1 cm³/mol. The van der Waals surface area contributed by atoms with Crippen LogP contribution in [0.5, 0.6) is 0 Å². The summed E-state index contributed by atoms with van der Waals surface area (Å²) in [5, 5.41) is 0.257. The summed E-state index contributed by atoms with van der Waals surface area (Å²) in [6.07, 6.45) is 0. The Morgan fingerprint density at radius 1 is 1.30 bits per heavy atom. The van der Waals surface area contributed by atoms with Crippen molar-refractivity contribution >= 4 is 12.6 Å². The van der Waals surface area contributed by atoms with Crippen LogP contribution in [0.4, 0.5) is 0 Å². The molecule has 10 heavy (non-hydrogen) atoms. The Kier molecular flexibility index (Phi) is 6.11. The van der Waals surface area contributed by atoms with Crippen LogP contribution in [0.15, 0.2) is 0 Å². The van der Waals surface area contributed by atoms with Gasteiger partial charge in [-0.3, -0.25) is 4.90 Å². The molecule has 0 heterocycles. The summed E-state index contributed by atoms with van der Waals surface area (Å²) in [4.78, 5) is 2.14. The molecule has 0 aliphatic heterocycles. The number of thiol groups is 1. The number of hydrogen-bond donors (Lipinski definition) is 3. The summed E-state index contributed by atoms with van der Waals surface area (Å²) in [5.41, 5.74) is 10.8. The van der Waals surface area contributed by atoms with E-state index >= 15 is 0 Å². The smallest absolute Gasteiger partial charge is 0.0500 e. The Morgan fingerprint density at radius 3 is 1.90 bits per heavy atom. The van der Waals surface area contributed by atoms with Crippen molar-refractivity contribution < 1.29 is 0 Å². The van der Waals surface area contributed by atoms with Gasteiger partial charge in [0, 0.05) is 31.6 Å². The van der Waals surface area contributed by atoms with Crippen LogP contribution >= 0.6 is 12.6 Å². The molecule has 0 radical (unpaired) electrons. The normalized spacial score (nSPS) is 14.1. The van der Waals surface area contributed by atoms with Gasteiger partial charge >= 0.3 is 0 Å². The SMILES string of the molecule is CC(S)N(CCN)CCN. The van der Waals surface area contributed by atoms with E-state index in [1.165, 1.54) is 0 Å². The third-order valence-electron chi connectivity index (χ3n) is 1.36. The largest absolute Gasteiger partial charge is 0.329 e. The van der Waals surface area contributed by atoms with E-state index in [0.717, 1.165) is 13.1 Å². The lowest BCUT2D eigenvalue weighted by Gasteiger charge is -2.23. The molecule has 0 aliphatic rings. The second-order valence-electron chi connectivity index (χ2n) is 2.25. The van der Waals surface area contributed by atoms with E-state index in [0.29, 0.717) is 13.1 Å². The lowest BCUT2D eigenvalue weighted by Crippen LogP contribution is -2.37. The molecule has 0 rings (SSSR count). The van der Waals surface area contributed by atoms with Gasteiger partial charge in [0.1, 0.15) is 0 Å². The molecule has 0 aromatic heterocycles. The van der Waals surface area contributed by atoms with Gasteiger partial charge in [0.2, 0.25) is 0 Å². The second kappa shape index (κ2) is 5.97. The van der Waals surface area contributed by atoms with Gasteiger partial charge < -0.3 is 11.5 Å². The van der Waals surface area contributed by atoms with Crippen molar-refractivity contribution in [2.45, 2.75) is 12.3 Å². The highest BCUT2D eigenvalue weighted by atomic mass is 32.1. The van der Waals surface area contributed by atoms with Gasteiger partial charge in [0.05, 0.1) is 0 Å². The van der Waals surface area contributed by atoms with Crippen molar-refractivity contribution in [1.82, 2.24) is 4.90 Å². The molecule has 0 aliphatic carbocycles. The first-order valence-corrected chi connectivity index (χ1v) is 4.06. The zero-order valence-corrected chi connectivity index (χ0v) is 7.35. The van der Waals surface area contributed by atoms with E-state index < -0.39 is 0 Å². The van der Waals surface area contributed by atoms with Gasteiger partial charge in [0.15, 0.2) is 0 Å². The molecule has 4 heteroatoms. The molecular formula is C6H17N3S. The fourth-order valence-corrected chi connectivity index (χ4v) is 1.05. The minimum Gasteiger partial charge on any atom is -0.329 e. The summed E-state index contributed by atoms with van der Waals surface area (Å²) in [6.45, 7) is 5.12. The topological polar surface area (TPSA) is 55.3 Å². The Labute approximate surface area is 68.2 Å². The second-order valence-corrected chi connectivity index (χ2v) is 2.99. The van der Waals surface area contributed by atoms with Gasteiger partial charge in [-0.25, -0.2) is 0 Å². The Hall–Kier alpha value is 0.230. The summed E-state index contributed by atoms with van der Waals surface area (Å²) in [6, 6.07) is 0. The molecule has 0 aromatic carbocycles. The molecule has 62 valence electrons. The lowest BCUT2D eigenvalue weighted by atomic mass is 10.4. The van der Waals surface area contributed by atoms with E-state index in [2.05, 4.69) is 17.5 Å². The average Bonchev–Trinajstić information content (AvgIpc) is 1.87. The molecule has 4 N–H and O–H groups in total. The van der Waals surface area contributed by atoms with Crippen molar-refractivity contribution in [3.8, 4) is 0 Å². The van der Waals surface area contributed by atoms with Crippen molar-refractivity contribution in [3.63, 3.8) is 0 Å². The van der Waals surface area contributed by atoms with Crippen LogP contribution in [0.3, 0.4) is 0 Å². The van der Waals surface area contributed by atoms with Gasteiger partial charge in [-0.1, -0.05) is 0 Å². The van der Waals surface area contributed by atoms with Gasteiger partial charge in [-0.15, -0.1) is 0 Å². The van der Waals surface area contributed by atoms with Gasteiger partial charge in [0.25, 0.3) is 0 Å². The first-order valence-electron chi connectivity index (χ1n) is 3.54. The zero-order valence-electron chi connectivity index (χ0n) is 6.45. The average molecular weight is 163 g/mol. The highest BCUT2D eigenvalue weighted by molar-refractivity contribution is 7.80. The first-order chi connectivity index (χ1) is 4.72. The highest BCUT2D eigenvalue weighted by Gasteiger charge is 2.06. The summed E-state index contributed by atoms with van der Waals surface area (Å²) in [7, 11) is 0. The predicted octanol–water partition coefficient (Wildman–Crippen LogP) is -0.518. The van der Waals surface area contributed by atoms with E-state index in [1.54, 1.807) is 0 Å². The molecule has 1 unspecified atom stereocenters. The van der Waals surface area contributed by atoms with Crippen molar-refractivity contribution in [3.05, 3.63) is 0 Å². The van der Waals surface area contributed by atoms with Crippen LogP contribution < -0.4 is 11.5 Å². The monoisotopic (exact) mass is 163 g/mol. The molecule has 3 nitrogen and oxygen atoms in total. The van der Waals surface area contributed by atoms with Crippen LogP contribution in [0.1, 0.15) is 6.92 Å². The fraction of sp³-hybridized carbons (Fsp3) is 1.00. The Morgan fingerprint density at radius 2 is 1.70 bits per heavy atom. The maximum atomic E-state index is 5.38. The van der Waals surface area contributed by atoms with Crippen LogP contribution in [0.25, 0.3) is 0 Å². The summed E-state index contributed by atoms with van der Waals surface area (Å²) < 4.78 is 0. The van der Waals surface area contributed by atoms with Crippen molar-refractivity contribution in [2.75, 3.05) is 26.2 Å². The van der Waals surface area contributed by atoms with E-state index in [1.807, 2.05) is 6.92 Å². The van der Waals surface area contributed by atoms with E-state index in [-0.39, 0.29) is 5.37 Å². The number of nitrogens with zero attached hydrogens (tertiary/aromatic N) is 1. The molecule has 0 saturated heterocycles.